The van der Waals surface area contributed by atoms with Gasteiger partial charge in [0.25, 0.3) is 0 Å². The van der Waals surface area contributed by atoms with Gasteiger partial charge in [0, 0.05) is 24.2 Å². The van der Waals surface area contributed by atoms with Crippen LogP contribution in [0.1, 0.15) is 17.0 Å². The number of ether oxygens (including phenoxy) is 2. The predicted molar refractivity (Wildman–Crippen MR) is 73.6 cm³/mol. The number of benzene rings is 1. The highest BCUT2D eigenvalue weighted by Gasteiger charge is 2.06. The molecule has 19 heavy (non-hydrogen) atoms. The number of hydrogen-bond donors (Lipinski definition) is 1. The second-order valence-electron chi connectivity index (χ2n) is 3.96. The number of hydrogen-bond acceptors (Lipinski definition) is 5. The van der Waals surface area contributed by atoms with E-state index in [2.05, 4.69) is 21.1 Å². The second kappa shape index (κ2) is 6.70. The fourth-order valence-electron chi connectivity index (χ4n) is 1.59. The van der Waals surface area contributed by atoms with E-state index in [9.17, 15) is 0 Å². The molecular formula is C13H15BrN2O3. The molecule has 0 aliphatic carbocycles. The van der Waals surface area contributed by atoms with Gasteiger partial charge in [0.1, 0.15) is 24.7 Å². The van der Waals surface area contributed by atoms with Crippen molar-refractivity contribution in [2.45, 2.75) is 19.8 Å². The largest absolute Gasteiger partial charge is 0.487 e. The van der Waals surface area contributed by atoms with E-state index in [4.69, 9.17) is 19.7 Å². The van der Waals surface area contributed by atoms with Gasteiger partial charge in [-0.15, -0.1) is 0 Å². The first-order chi connectivity index (χ1) is 9.22. The molecule has 2 N–H and O–H groups in total. The van der Waals surface area contributed by atoms with Gasteiger partial charge in [-0.1, -0.05) is 21.1 Å². The van der Waals surface area contributed by atoms with Crippen molar-refractivity contribution < 1.29 is 14.0 Å². The lowest BCUT2D eigenvalue weighted by molar-refractivity contribution is 0.155. The Labute approximate surface area is 119 Å². The smallest absolute Gasteiger partial charge is 0.162 e. The molecule has 0 radical (unpaired) electrons. The van der Waals surface area contributed by atoms with E-state index in [1.807, 2.05) is 24.3 Å². The van der Waals surface area contributed by atoms with E-state index in [0.717, 1.165) is 21.5 Å². The van der Waals surface area contributed by atoms with Gasteiger partial charge in [-0.3, -0.25) is 0 Å². The summed E-state index contributed by atoms with van der Waals surface area (Å²) in [6, 6.07) is 7.50. The van der Waals surface area contributed by atoms with Crippen LogP contribution >= 0.6 is 15.9 Å². The van der Waals surface area contributed by atoms with E-state index < -0.39 is 0 Å². The molecule has 0 amide bonds. The Morgan fingerprint density at radius 2 is 2.16 bits per heavy atom. The van der Waals surface area contributed by atoms with Gasteiger partial charge < -0.3 is 19.7 Å². The van der Waals surface area contributed by atoms with Crippen molar-refractivity contribution in [2.24, 2.45) is 5.73 Å². The SMILES string of the molecule is COCc1cc(COc2ccc(Br)c(CN)c2)no1. The Bertz CT molecular complexity index is 542. The number of nitrogens with two attached hydrogens (primary N) is 1. The Morgan fingerprint density at radius 1 is 1.32 bits per heavy atom. The molecule has 0 bridgehead atoms. The van der Waals surface area contributed by atoms with Crippen LogP contribution < -0.4 is 10.5 Å². The highest BCUT2D eigenvalue weighted by molar-refractivity contribution is 9.10. The van der Waals surface area contributed by atoms with Gasteiger partial charge in [-0.05, 0) is 23.8 Å². The van der Waals surface area contributed by atoms with Crippen molar-refractivity contribution in [3.8, 4) is 5.75 Å². The standard InChI is InChI=1S/C13H15BrN2O3/c1-17-8-12-5-10(16-19-12)7-18-11-2-3-13(14)9(4-11)6-15/h2-5H,6-8,15H2,1H3. The van der Waals surface area contributed by atoms with Crippen LogP contribution in [0.15, 0.2) is 33.3 Å². The lowest BCUT2D eigenvalue weighted by Gasteiger charge is -2.07. The first kappa shape index (κ1) is 14.0. The normalized spacial score (nSPS) is 10.7. The molecule has 0 spiro atoms. The zero-order valence-corrected chi connectivity index (χ0v) is 12.1. The summed E-state index contributed by atoms with van der Waals surface area (Å²) in [6.45, 7) is 1.21. The Kier molecular flexibility index (Phi) is 4.95. The van der Waals surface area contributed by atoms with Gasteiger partial charge in [0.05, 0.1) is 0 Å². The highest BCUT2D eigenvalue weighted by Crippen LogP contribution is 2.22. The van der Waals surface area contributed by atoms with Crippen molar-refractivity contribution in [3.63, 3.8) is 0 Å². The van der Waals surface area contributed by atoms with Gasteiger partial charge in [0.2, 0.25) is 0 Å². The fraction of sp³-hybridized carbons (Fsp3) is 0.308. The van der Waals surface area contributed by atoms with Crippen LogP contribution in [0.2, 0.25) is 0 Å². The topological polar surface area (TPSA) is 70.5 Å². The third-order valence-electron chi connectivity index (χ3n) is 2.52. The molecule has 2 rings (SSSR count). The molecule has 6 heteroatoms. The third kappa shape index (κ3) is 3.79. The van der Waals surface area contributed by atoms with Crippen molar-refractivity contribution in [1.29, 1.82) is 0 Å². The fourth-order valence-corrected chi connectivity index (χ4v) is 2.00. The molecule has 0 unspecified atom stereocenters. The minimum Gasteiger partial charge on any atom is -0.487 e. The molecule has 1 heterocycles. The average Bonchev–Trinajstić information content (AvgIpc) is 2.86. The molecule has 0 saturated carbocycles. The monoisotopic (exact) mass is 326 g/mol. The van der Waals surface area contributed by atoms with Gasteiger partial charge in [-0.25, -0.2) is 0 Å². The molecule has 0 aliphatic heterocycles. The van der Waals surface area contributed by atoms with Crippen molar-refractivity contribution in [1.82, 2.24) is 5.16 Å². The lowest BCUT2D eigenvalue weighted by atomic mass is 10.2. The molecule has 1 aromatic heterocycles. The van der Waals surface area contributed by atoms with E-state index in [0.29, 0.717) is 25.5 Å². The summed E-state index contributed by atoms with van der Waals surface area (Å²) in [6.07, 6.45) is 0. The van der Waals surface area contributed by atoms with Crippen molar-refractivity contribution >= 4 is 15.9 Å². The zero-order valence-electron chi connectivity index (χ0n) is 10.6. The Hall–Kier alpha value is -1.37. The first-order valence-corrected chi connectivity index (χ1v) is 6.57. The molecule has 1 aromatic carbocycles. The van der Waals surface area contributed by atoms with Crippen LogP contribution in [0.5, 0.6) is 5.75 Å². The minimum atomic E-state index is 0.346. The average molecular weight is 327 g/mol. The molecule has 102 valence electrons. The van der Waals surface area contributed by atoms with Crippen LogP contribution in [0.3, 0.4) is 0 Å². The number of methoxy groups -OCH3 is 1. The lowest BCUT2D eigenvalue weighted by Crippen LogP contribution is -2.00. The van der Waals surface area contributed by atoms with Gasteiger partial charge in [0.15, 0.2) is 5.76 Å². The molecule has 0 aliphatic rings. The van der Waals surface area contributed by atoms with Crippen LogP contribution in [-0.4, -0.2) is 12.3 Å². The van der Waals surface area contributed by atoms with Crippen molar-refractivity contribution in [3.05, 3.63) is 45.8 Å². The summed E-state index contributed by atoms with van der Waals surface area (Å²) in [5.74, 6) is 1.43. The van der Waals surface area contributed by atoms with Gasteiger partial charge >= 0.3 is 0 Å². The van der Waals surface area contributed by atoms with Crippen LogP contribution in [0.4, 0.5) is 0 Å². The molecule has 0 atom stereocenters. The summed E-state index contributed by atoms with van der Waals surface area (Å²) in [5.41, 5.74) is 7.36. The van der Waals surface area contributed by atoms with Crippen molar-refractivity contribution in [2.75, 3.05) is 7.11 Å². The highest BCUT2D eigenvalue weighted by atomic mass is 79.9. The van der Waals surface area contributed by atoms with Crippen LogP contribution in [0, 0.1) is 0 Å². The molecule has 5 nitrogen and oxygen atoms in total. The third-order valence-corrected chi connectivity index (χ3v) is 3.29. The maximum absolute atomic E-state index is 5.64. The number of rotatable bonds is 6. The second-order valence-corrected chi connectivity index (χ2v) is 4.82. The molecular weight excluding hydrogens is 312 g/mol. The Morgan fingerprint density at radius 3 is 2.89 bits per heavy atom. The van der Waals surface area contributed by atoms with Crippen LogP contribution in [-0.2, 0) is 24.5 Å². The summed E-state index contributed by atoms with van der Waals surface area (Å²) in [5, 5.41) is 3.90. The van der Waals surface area contributed by atoms with Crippen LogP contribution in [0.25, 0.3) is 0 Å². The van der Waals surface area contributed by atoms with E-state index in [1.165, 1.54) is 0 Å². The predicted octanol–water partition coefficient (Wildman–Crippen LogP) is 2.62. The number of nitrogens with zero attached hydrogens (tertiary/aromatic N) is 1. The summed E-state index contributed by atoms with van der Waals surface area (Å²) in [4.78, 5) is 0. The minimum absolute atomic E-state index is 0.346. The maximum atomic E-state index is 5.64. The molecule has 0 saturated heterocycles. The zero-order chi connectivity index (χ0) is 13.7. The van der Waals surface area contributed by atoms with E-state index in [-0.39, 0.29) is 0 Å². The summed E-state index contributed by atoms with van der Waals surface area (Å²) in [7, 11) is 1.61. The molecule has 0 fully saturated rings. The first-order valence-electron chi connectivity index (χ1n) is 5.77. The quantitative estimate of drug-likeness (QED) is 0.883. The Balaban J connectivity index is 1.97. The van der Waals surface area contributed by atoms with E-state index in [1.54, 1.807) is 7.11 Å². The molecule has 2 aromatic rings. The summed E-state index contributed by atoms with van der Waals surface area (Å²) >= 11 is 3.43. The van der Waals surface area contributed by atoms with Gasteiger partial charge in [-0.2, -0.15) is 0 Å². The van der Waals surface area contributed by atoms with E-state index >= 15 is 0 Å². The maximum Gasteiger partial charge on any atom is 0.162 e. The summed E-state index contributed by atoms with van der Waals surface area (Å²) < 4.78 is 16.6. The number of halogens is 1. The number of aromatic nitrogens is 1.